The van der Waals surface area contributed by atoms with Gasteiger partial charge in [-0.05, 0) is 62.9 Å². The van der Waals surface area contributed by atoms with E-state index >= 15 is 0 Å². The maximum atomic E-state index is 13.1. The van der Waals surface area contributed by atoms with Crippen molar-refractivity contribution in [1.29, 1.82) is 0 Å². The van der Waals surface area contributed by atoms with Crippen LogP contribution in [-0.2, 0) is 9.59 Å². The van der Waals surface area contributed by atoms with Crippen LogP contribution in [0.5, 0.6) is 0 Å². The van der Waals surface area contributed by atoms with E-state index in [9.17, 15) is 18.8 Å². The molecule has 3 atom stereocenters. The molecular formula is C27H40FN5O3. The number of imide groups is 1. The van der Waals surface area contributed by atoms with Crippen LogP contribution in [0, 0.1) is 17.7 Å². The maximum Gasteiger partial charge on any atom is 0.324 e. The first kappa shape index (κ1) is 26.4. The second kappa shape index (κ2) is 12.5. The summed E-state index contributed by atoms with van der Waals surface area (Å²) in [5.41, 5.74) is 1.05. The van der Waals surface area contributed by atoms with Crippen LogP contribution < -0.4 is 15.5 Å². The second-order valence-electron chi connectivity index (χ2n) is 10.3. The van der Waals surface area contributed by atoms with Gasteiger partial charge in [0, 0.05) is 56.9 Å². The third-order valence-electron chi connectivity index (χ3n) is 7.86. The number of piperazine rings is 1. The third-order valence-corrected chi connectivity index (χ3v) is 7.86. The lowest BCUT2D eigenvalue weighted by Gasteiger charge is -2.42. The van der Waals surface area contributed by atoms with E-state index in [1.165, 1.54) is 17.0 Å². The predicted octanol–water partition coefficient (Wildman–Crippen LogP) is 2.98. The first-order valence-corrected chi connectivity index (χ1v) is 13.6. The number of fused-ring (bicyclic) bond motifs is 1. The molecule has 8 nitrogen and oxygen atoms in total. The number of amides is 4. The Labute approximate surface area is 213 Å². The molecule has 3 unspecified atom stereocenters. The molecule has 4 amide bonds. The van der Waals surface area contributed by atoms with Crippen LogP contribution in [0.25, 0.3) is 0 Å². The Morgan fingerprint density at radius 2 is 1.78 bits per heavy atom. The van der Waals surface area contributed by atoms with Crippen molar-refractivity contribution in [2.75, 3.05) is 50.7 Å². The molecule has 1 saturated carbocycles. The maximum absolute atomic E-state index is 13.1. The van der Waals surface area contributed by atoms with Crippen LogP contribution in [-0.4, -0.2) is 79.5 Å². The van der Waals surface area contributed by atoms with Gasteiger partial charge in [0.1, 0.15) is 5.82 Å². The molecule has 1 aliphatic carbocycles. The highest BCUT2D eigenvalue weighted by atomic mass is 19.1. The summed E-state index contributed by atoms with van der Waals surface area (Å²) in [6.45, 7) is 7.82. The van der Waals surface area contributed by atoms with E-state index in [2.05, 4.69) is 27.4 Å². The number of hydrogen-bond acceptors (Lipinski definition) is 5. The zero-order valence-corrected chi connectivity index (χ0v) is 21.4. The van der Waals surface area contributed by atoms with Crippen molar-refractivity contribution in [3.8, 4) is 0 Å². The minimum atomic E-state index is -0.307. The highest BCUT2D eigenvalue weighted by Gasteiger charge is 2.45. The molecule has 0 spiro atoms. The van der Waals surface area contributed by atoms with Crippen molar-refractivity contribution in [3.63, 3.8) is 0 Å². The Morgan fingerprint density at radius 3 is 2.50 bits per heavy atom. The van der Waals surface area contributed by atoms with Gasteiger partial charge in [-0.1, -0.05) is 19.8 Å². The Bertz CT molecular complexity index is 903. The lowest BCUT2D eigenvalue weighted by Crippen LogP contribution is -2.62. The van der Waals surface area contributed by atoms with Crippen molar-refractivity contribution in [2.45, 2.75) is 57.9 Å². The molecule has 2 heterocycles. The summed E-state index contributed by atoms with van der Waals surface area (Å²) in [5, 5.41) is 6.07. The molecule has 198 valence electrons. The van der Waals surface area contributed by atoms with Crippen molar-refractivity contribution in [1.82, 2.24) is 20.4 Å². The summed E-state index contributed by atoms with van der Waals surface area (Å²) in [6.07, 6.45) is 5.61. The van der Waals surface area contributed by atoms with Crippen LogP contribution in [0.3, 0.4) is 0 Å². The number of anilines is 1. The highest BCUT2D eigenvalue weighted by molar-refractivity contribution is 5.99. The monoisotopic (exact) mass is 501 g/mol. The van der Waals surface area contributed by atoms with Crippen molar-refractivity contribution in [3.05, 3.63) is 30.1 Å². The Balaban J connectivity index is 1.13. The van der Waals surface area contributed by atoms with E-state index in [-0.39, 0.29) is 41.5 Å². The van der Waals surface area contributed by atoms with Gasteiger partial charge in [0.2, 0.25) is 11.8 Å². The fourth-order valence-corrected chi connectivity index (χ4v) is 5.67. The molecule has 2 N–H and O–H groups in total. The van der Waals surface area contributed by atoms with Crippen LogP contribution in [0.2, 0.25) is 0 Å². The van der Waals surface area contributed by atoms with Crippen molar-refractivity contribution in [2.24, 2.45) is 11.8 Å². The van der Waals surface area contributed by atoms with Crippen LogP contribution in [0.15, 0.2) is 24.3 Å². The molecule has 0 bridgehead atoms. The molecule has 1 aromatic rings. The SMILES string of the molecule is CCCCCN1C(=O)NC2CC(C(=O)NCCCN3CCN(c4ccc(F)cc4)CC3)CCC2C1=O. The number of halogens is 1. The Morgan fingerprint density at radius 1 is 1.03 bits per heavy atom. The summed E-state index contributed by atoms with van der Waals surface area (Å²) in [4.78, 5) is 44.2. The van der Waals surface area contributed by atoms with E-state index < -0.39 is 0 Å². The summed E-state index contributed by atoms with van der Waals surface area (Å²) in [7, 11) is 0. The predicted molar refractivity (Wildman–Crippen MR) is 137 cm³/mol. The van der Waals surface area contributed by atoms with Gasteiger partial charge >= 0.3 is 6.03 Å². The van der Waals surface area contributed by atoms with Gasteiger partial charge in [-0.3, -0.25) is 19.4 Å². The van der Waals surface area contributed by atoms with Gasteiger partial charge in [0.15, 0.2) is 0 Å². The van der Waals surface area contributed by atoms with Crippen molar-refractivity contribution >= 4 is 23.5 Å². The summed E-state index contributed by atoms with van der Waals surface area (Å²) in [6, 6.07) is 6.10. The summed E-state index contributed by atoms with van der Waals surface area (Å²) >= 11 is 0. The van der Waals surface area contributed by atoms with Gasteiger partial charge in [-0.25, -0.2) is 9.18 Å². The number of hydrogen-bond donors (Lipinski definition) is 2. The Hall–Kier alpha value is -2.68. The van der Waals surface area contributed by atoms with E-state index in [4.69, 9.17) is 0 Å². The summed E-state index contributed by atoms with van der Waals surface area (Å²) < 4.78 is 13.1. The zero-order valence-electron chi connectivity index (χ0n) is 21.4. The largest absolute Gasteiger partial charge is 0.369 e. The standard InChI is InChI=1S/C27H40FN5O3/c1-2-3-4-14-33-26(35)23-11-6-20(19-24(23)30-27(33)36)25(34)29-12-5-13-31-15-17-32(18-16-31)22-9-7-21(28)8-10-22/h7-10,20,23-24H,2-6,11-19H2,1H3,(H,29,34)(H,30,36). The normalized spacial score (nSPS) is 24.9. The Kier molecular flexibility index (Phi) is 9.18. The topological polar surface area (TPSA) is 85.0 Å². The zero-order chi connectivity index (χ0) is 25.5. The molecule has 0 aromatic heterocycles. The molecule has 0 radical (unpaired) electrons. The van der Waals surface area contributed by atoms with Gasteiger partial charge in [0.25, 0.3) is 0 Å². The number of carbonyl (C=O) groups is 3. The smallest absolute Gasteiger partial charge is 0.324 e. The van der Waals surface area contributed by atoms with Crippen molar-refractivity contribution < 1.29 is 18.8 Å². The molecule has 36 heavy (non-hydrogen) atoms. The quantitative estimate of drug-likeness (QED) is 0.482. The number of rotatable bonds is 10. The first-order valence-electron chi connectivity index (χ1n) is 13.6. The number of benzene rings is 1. The number of nitrogens with zero attached hydrogens (tertiary/aromatic N) is 3. The molecular weight excluding hydrogens is 461 g/mol. The van der Waals surface area contributed by atoms with Crippen LogP contribution >= 0.6 is 0 Å². The number of nitrogens with one attached hydrogen (secondary N) is 2. The summed E-state index contributed by atoms with van der Waals surface area (Å²) in [5.74, 6) is -0.624. The number of carbonyl (C=O) groups excluding carboxylic acids is 3. The fourth-order valence-electron chi connectivity index (χ4n) is 5.67. The molecule has 3 aliphatic rings. The van der Waals surface area contributed by atoms with E-state index in [0.29, 0.717) is 32.4 Å². The minimum absolute atomic E-state index is 0.0293. The highest BCUT2D eigenvalue weighted by Crippen LogP contribution is 2.33. The number of unbranched alkanes of at least 4 members (excludes halogenated alkanes) is 2. The van der Waals surface area contributed by atoms with Gasteiger partial charge in [-0.15, -0.1) is 0 Å². The average molecular weight is 502 g/mol. The minimum Gasteiger partial charge on any atom is -0.369 e. The van der Waals surface area contributed by atoms with Gasteiger partial charge in [0.05, 0.1) is 5.92 Å². The molecule has 3 fully saturated rings. The third kappa shape index (κ3) is 6.55. The lowest BCUT2D eigenvalue weighted by atomic mass is 9.76. The fraction of sp³-hybridized carbons (Fsp3) is 0.667. The molecule has 1 aromatic carbocycles. The molecule has 2 aliphatic heterocycles. The molecule has 2 saturated heterocycles. The second-order valence-corrected chi connectivity index (χ2v) is 10.3. The van der Waals surface area contributed by atoms with Crippen LogP contribution in [0.1, 0.15) is 51.9 Å². The lowest BCUT2D eigenvalue weighted by molar-refractivity contribution is -0.139. The van der Waals surface area contributed by atoms with Gasteiger partial charge in [-0.2, -0.15) is 0 Å². The van der Waals surface area contributed by atoms with Gasteiger partial charge < -0.3 is 15.5 Å². The van der Waals surface area contributed by atoms with E-state index in [1.807, 2.05) is 12.1 Å². The average Bonchev–Trinajstić information content (AvgIpc) is 2.89. The molecule has 4 rings (SSSR count). The molecule has 9 heteroatoms. The van der Waals surface area contributed by atoms with E-state index in [1.54, 1.807) is 0 Å². The number of urea groups is 1. The first-order chi connectivity index (χ1) is 17.5. The van der Waals surface area contributed by atoms with Crippen LogP contribution in [0.4, 0.5) is 14.9 Å². The van der Waals surface area contributed by atoms with E-state index in [0.717, 1.165) is 64.1 Å².